The van der Waals surface area contributed by atoms with Crippen molar-refractivity contribution in [1.82, 2.24) is 0 Å². The second-order valence-electron chi connectivity index (χ2n) is 3.10. The minimum absolute atomic E-state index is 0.0539. The quantitative estimate of drug-likeness (QED) is 0.366. The van der Waals surface area contributed by atoms with Gasteiger partial charge in [0.1, 0.15) is 11.3 Å². The minimum atomic E-state index is -1.08. The minimum Gasteiger partial charge on any atom is -0.493 e. The Kier molecular flexibility index (Phi) is 5.13. The molecule has 7 heteroatoms. The number of aromatic carboxylic acids is 1. The molecular formula is C10H10ClN3O3. The number of carboxylic acid groups (broad SMARTS) is 1. The van der Waals surface area contributed by atoms with Gasteiger partial charge in [-0.1, -0.05) is 16.7 Å². The number of hydrogen-bond donors (Lipinski definition) is 1. The van der Waals surface area contributed by atoms with Gasteiger partial charge in [-0.3, -0.25) is 0 Å². The highest BCUT2D eigenvalue weighted by molar-refractivity contribution is 6.30. The third kappa shape index (κ3) is 4.22. The van der Waals surface area contributed by atoms with E-state index in [1.807, 2.05) is 0 Å². The van der Waals surface area contributed by atoms with Gasteiger partial charge in [0.25, 0.3) is 0 Å². The van der Waals surface area contributed by atoms with Gasteiger partial charge in [0, 0.05) is 16.5 Å². The van der Waals surface area contributed by atoms with Crippen LogP contribution in [0.5, 0.6) is 5.75 Å². The first kappa shape index (κ1) is 13.2. The molecule has 0 unspecified atom stereocenters. The van der Waals surface area contributed by atoms with Crippen LogP contribution < -0.4 is 4.74 Å². The van der Waals surface area contributed by atoms with Crippen molar-refractivity contribution in [2.24, 2.45) is 5.11 Å². The Morgan fingerprint density at radius 1 is 1.59 bits per heavy atom. The molecule has 1 N–H and O–H groups in total. The maximum absolute atomic E-state index is 10.9. The average Bonchev–Trinajstić information content (AvgIpc) is 2.28. The van der Waals surface area contributed by atoms with Crippen LogP contribution in [0, 0.1) is 0 Å². The van der Waals surface area contributed by atoms with Gasteiger partial charge in [0.2, 0.25) is 0 Å². The molecule has 0 bridgehead atoms. The van der Waals surface area contributed by atoms with Gasteiger partial charge in [-0.15, -0.1) is 0 Å². The lowest BCUT2D eigenvalue weighted by molar-refractivity contribution is 0.0692. The van der Waals surface area contributed by atoms with Gasteiger partial charge in [0.05, 0.1) is 6.61 Å². The summed E-state index contributed by atoms with van der Waals surface area (Å²) in [7, 11) is 0. The Bertz CT molecular complexity index is 458. The molecule has 0 heterocycles. The number of carbonyl (C=O) groups is 1. The van der Waals surface area contributed by atoms with Crippen molar-refractivity contribution in [1.29, 1.82) is 0 Å². The second kappa shape index (κ2) is 6.62. The maximum Gasteiger partial charge on any atom is 0.339 e. The fourth-order valence-electron chi connectivity index (χ4n) is 1.15. The Morgan fingerprint density at radius 3 is 3.00 bits per heavy atom. The molecule has 0 aliphatic heterocycles. The van der Waals surface area contributed by atoms with Crippen LogP contribution in [-0.4, -0.2) is 24.2 Å². The van der Waals surface area contributed by atoms with Gasteiger partial charge in [0.15, 0.2) is 0 Å². The number of azide groups is 1. The normalized spacial score (nSPS) is 9.47. The maximum atomic E-state index is 10.9. The standard InChI is InChI=1S/C10H10ClN3O3/c11-7-2-3-8(10(15)16)9(6-7)17-5-1-4-13-14-12/h2-3,6H,1,4-5H2,(H,15,16). The first-order chi connectivity index (χ1) is 8.15. The lowest BCUT2D eigenvalue weighted by atomic mass is 10.2. The summed E-state index contributed by atoms with van der Waals surface area (Å²) in [5.41, 5.74) is 8.11. The number of carboxylic acids is 1. The van der Waals surface area contributed by atoms with E-state index in [-0.39, 0.29) is 17.9 Å². The van der Waals surface area contributed by atoms with Gasteiger partial charge >= 0.3 is 5.97 Å². The summed E-state index contributed by atoms with van der Waals surface area (Å²) < 4.78 is 5.28. The zero-order valence-electron chi connectivity index (χ0n) is 8.84. The van der Waals surface area contributed by atoms with E-state index in [4.69, 9.17) is 27.0 Å². The zero-order chi connectivity index (χ0) is 12.7. The Morgan fingerprint density at radius 2 is 2.35 bits per heavy atom. The molecule has 0 saturated heterocycles. The fourth-order valence-corrected chi connectivity index (χ4v) is 1.32. The molecule has 0 amide bonds. The zero-order valence-corrected chi connectivity index (χ0v) is 9.59. The van der Waals surface area contributed by atoms with E-state index in [2.05, 4.69) is 10.0 Å². The molecule has 1 aromatic carbocycles. The molecule has 0 spiro atoms. The van der Waals surface area contributed by atoms with Gasteiger partial charge in [-0.2, -0.15) is 0 Å². The van der Waals surface area contributed by atoms with Crippen LogP contribution in [0.3, 0.4) is 0 Å². The van der Waals surface area contributed by atoms with E-state index in [1.165, 1.54) is 18.2 Å². The van der Waals surface area contributed by atoms with E-state index >= 15 is 0 Å². The summed E-state index contributed by atoms with van der Waals surface area (Å²) in [5, 5.41) is 12.6. The van der Waals surface area contributed by atoms with Crippen LogP contribution in [0.1, 0.15) is 16.8 Å². The van der Waals surface area contributed by atoms with Gasteiger partial charge < -0.3 is 9.84 Å². The van der Waals surface area contributed by atoms with E-state index in [1.54, 1.807) is 0 Å². The predicted molar refractivity (Wildman–Crippen MR) is 62.5 cm³/mol. The number of benzene rings is 1. The number of hydrogen-bond acceptors (Lipinski definition) is 3. The van der Waals surface area contributed by atoms with Crippen molar-refractivity contribution in [2.75, 3.05) is 13.2 Å². The molecule has 0 atom stereocenters. The van der Waals surface area contributed by atoms with E-state index in [0.29, 0.717) is 18.0 Å². The summed E-state index contributed by atoms with van der Waals surface area (Å²) in [6.07, 6.45) is 0.510. The predicted octanol–water partition coefficient (Wildman–Crippen LogP) is 3.12. The van der Waals surface area contributed by atoms with Crippen LogP contribution in [0.4, 0.5) is 0 Å². The van der Waals surface area contributed by atoms with Crippen LogP contribution in [0.25, 0.3) is 10.4 Å². The number of rotatable bonds is 6. The molecule has 17 heavy (non-hydrogen) atoms. The van der Waals surface area contributed by atoms with Crippen LogP contribution in [0.2, 0.25) is 5.02 Å². The van der Waals surface area contributed by atoms with Crippen molar-refractivity contribution in [3.05, 3.63) is 39.2 Å². The monoisotopic (exact) mass is 255 g/mol. The largest absolute Gasteiger partial charge is 0.493 e. The molecule has 1 aromatic rings. The Balaban J connectivity index is 2.65. The smallest absolute Gasteiger partial charge is 0.339 e. The molecule has 1 rings (SSSR count). The lowest BCUT2D eigenvalue weighted by Gasteiger charge is -2.08. The molecule has 90 valence electrons. The third-order valence-electron chi connectivity index (χ3n) is 1.90. The number of nitrogens with zero attached hydrogens (tertiary/aromatic N) is 3. The SMILES string of the molecule is [N-]=[N+]=NCCCOc1cc(Cl)ccc1C(=O)O. The van der Waals surface area contributed by atoms with E-state index in [9.17, 15) is 4.79 Å². The van der Waals surface area contributed by atoms with E-state index < -0.39 is 5.97 Å². The molecule has 0 aromatic heterocycles. The highest BCUT2D eigenvalue weighted by Gasteiger charge is 2.11. The Hall–Kier alpha value is -1.91. The van der Waals surface area contributed by atoms with Crippen molar-refractivity contribution in [2.45, 2.75) is 6.42 Å². The summed E-state index contributed by atoms with van der Waals surface area (Å²) in [5.74, 6) is -0.863. The summed E-state index contributed by atoms with van der Waals surface area (Å²) in [6.45, 7) is 0.569. The molecule has 0 fully saturated rings. The highest BCUT2D eigenvalue weighted by Crippen LogP contribution is 2.23. The summed E-state index contributed by atoms with van der Waals surface area (Å²) >= 11 is 5.74. The number of ether oxygens (including phenoxy) is 1. The first-order valence-corrected chi connectivity index (χ1v) is 5.19. The fraction of sp³-hybridized carbons (Fsp3) is 0.300. The molecule has 0 radical (unpaired) electrons. The molecular weight excluding hydrogens is 246 g/mol. The molecule has 0 aliphatic carbocycles. The van der Waals surface area contributed by atoms with Crippen molar-refractivity contribution in [3.8, 4) is 5.75 Å². The summed E-state index contributed by atoms with van der Waals surface area (Å²) in [6, 6.07) is 4.31. The van der Waals surface area contributed by atoms with Crippen LogP contribution in [0.15, 0.2) is 23.3 Å². The topological polar surface area (TPSA) is 95.3 Å². The van der Waals surface area contributed by atoms with Crippen molar-refractivity contribution >= 4 is 17.6 Å². The third-order valence-corrected chi connectivity index (χ3v) is 2.13. The second-order valence-corrected chi connectivity index (χ2v) is 3.54. The summed E-state index contributed by atoms with van der Waals surface area (Å²) in [4.78, 5) is 13.5. The van der Waals surface area contributed by atoms with Gasteiger partial charge in [-0.25, -0.2) is 4.79 Å². The lowest BCUT2D eigenvalue weighted by Crippen LogP contribution is -2.05. The van der Waals surface area contributed by atoms with Crippen LogP contribution in [-0.2, 0) is 0 Å². The Labute approximate surface area is 102 Å². The number of halogens is 1. The highest BCUT2D eigenvalue weighted by atomic mass is 35.5. The average molecular weight is 256 g/mol. The molecule has 0 saturated carbocycles. The molecule has 0 aliphatic rings. The first-order valence-electron chi connectivity index (χ1n) is 4.81. The molecule has 6 nitrogen and oxygen atoms in total. The van der Waals surface area contributed by atoms with Gasteiger partial charge in [-0.05, 0) is 30.2 Å². The van der Waals surface area contributed by atoms with Crippen molar-refractivity contribution < 1.29 is 14.6 Å². The van der Waals surface area contributed by atoms with Crippen LogP contribution >= 0.6 is 11.6 Å². The van der Waals surface area contributed by atoms with E-state index in [0.717, 1.165) is 0 Å². The van der Waals surface area contributed by atoms with Crippen molar-refractivity contribution in [3.63, 3.8) is 0 Å².